The van der Waals surface area contributed by atoms with Gasteiger partial charge in [-0.1, -0.05) is 66.7 Å². The van der Waals surface area contributed by atoms with Crippen LogP contribution in [-0.4, -0.2) is 49.9 Å². The fourth-order valence-electron chi connectivity index (χ4n) is 3.98. The summed E-state index contributed by atoms with van der Waals surface area (Å²) in [5.74, 6) is 0.168. The van der Waals surface area contributed by atoms with E-state index in [0.29, 0.717) is 12.3 Å². The Hall–Kier alpha value is -4.13. The smallest absolute Gasteiger partial charge is 0.243 e. The Balaban J connectivity index is 1.40. The van der Waals surface area contributed by atoms with Crippen LogP contribution >= 0.6 is 0 Å². The topological polar surface area (TPSA) is 83.0 Å². The van der Waals surface area contributed by atoms with Crippen LogP contribution in [0.1, 0.15) is 24.5 Å². The molecule has 7 heteroatoms. The molecule has 3 aromatic carbocycles. The summed E-state index contributed by atoms with van der Waals surface area (Å²) in [6.07, 6.45) is -0.319. The molecule has 0 spiro atoms. The molecule has 1 aliphatic rings. The number of ether oxygens (including phenoxy) is 1. The number of anilines is 1. The number of nitrogens with one attached hydrogen (secondary N) is 2. The third-order valence-electron chi connectivity index (χ3n) is 5.77. The molecule has 0 unspecified atom stereocenters. The van der Waals surface area contributed by atoms with Crippen molar-refractivity contribution in [2.24, 2.45) is 4.99 Å². The number of likely N-dealkylation sites (N-methyl/N-ethyl adjacent to an activating group) is 1. The van der Waals surface area contributed by atoms with E-state index in [1.54, 1.807) is 6.92 Å². The van der Waals surface area contributed by atoms with Gasteiger partial charge in [0.1, 0.15) is 18.0 Å². The van der Waals surface area contributed by atoms with Crippen molar-refractivity contribution in [1.82, 2.24) is 10.6 Å². The molecule has 1 heterocycles. The number of para-hydroxylation sites is 2. The molecule has 2 atom stereocenters. The van der Waals surface area contributed by atoms with Gasteiger partial charge < -0.3 is 20.3 Å². The normalized spacial score (nSPS) is 15.8. The highest BCUT2D eigenvalue weighted by Gasteiger charge is 2.25. The fourth-order valence-corrected chi connectivity index (χ4v) is 3.98. The van der Waals surface area contributed by atoms with E-state index in [2.05, 4.69) is 21.6 Å². The number of amides is 2. The summed E-state index contributed by atoms with van der Waals surface area (Å²) in [7, 11) is 1.99. The molecule has 0 aromatic heterocycles. The van der Waals surface area contributed by atoms with Gasteiger partial charge in [-0.15, -0.1) is 0 Å². The Morgan fingerprint density at radius 2 is 1.66 bits per heavy atom. The van der Waals surface area contributed by atoms with Crippen molar-refractivity contribution in [3.63, 3.8) is 0 Å². The zero-order valence-corrected chi connectivity index (χ0v) is 20.0. The minimum Gasteiger partial charge on any atom is -0.493 e. The van der Waals surface area contributed by atoms with Gasteiger partial charge in [0.15, 0.2) is 0 Å². The van der Waals surface area contributed by atoms with Crippen molar-refractivity contribution in [2.45, 2.75) is 25.6 Å². The SMILES string of the molecule is C[C@H](NC(=O)CCOc1ccccc1)C(=O)N[C@@H]1CN(C)c2ccccc2C(c2ccccc2)=N1. The Morgan fingerprint density at radius 3 is 2.40 bits per heavy atom. The van der Waals surface area contributed by atoms with Gasteiger partial charge in [-0.25, -0.2) is 0 Å². The van der Waals surface area contributed by atoms with Crippen molar-refractivity contribution in [3.8, 4) is 5.75 Å². The van der Waals surface area contributed by atoms with Crippen LogP contribution in [0.3, 0.4) is 0 Å². The van der Waals surface area contributed by atoms with E-state index in [1.165, 1.54) is 0 Å². The maximum absolute atomic E-state index is 12.9. The number of nitrogens with zero attached hydrogens (tertiary/aromatic N) is 2. The Labute approximate surface area is 205 Å². The van der Waals surface area contributed by atoms with Gasteiger partial charge in [-0.2, -0.15) is 0 Å². The third kappa shape index (κ3) is 6.26. The maximum Gasteiger partial charge on any atom is 0.243 e. The molecule has 2 amide bonds. The van der Waals surface area contributed by atoms with Crippen molar-refractivity contribution in [2.75, 3.05) is 25.1 Å². The van der Waals surface area contributed by atoms with E-state index in [4.69, 9.17) is 9.73 Å². The number of hydrogen-bond donors (Lipinski definition) is 2. The molecule has 0 saturated heterocycles. The zero-order valence-electron chi connectivity index (χ0n) is 20.0. The monoisotopic (exact) mass is 470 g/mol. The lowest BCUT2D eigenvalue weighted by molar-refractivity contribution is -0.129. The molecule has 180 valence electrons. The van der Waals surface area contributed by atoms with Crippen LogP contribution in [0.15, 0.2) is 89.9 Å². The van der Waals surface area contributed by atoms with Crippen molar-refractivity contribution in [1.29, 1.82) is 0 Å². The second kappa shape index (κ2) is 11.3. The number of benzodiazepines with no additional fused rings is 1. The molecule has 0 aliphatic carbocycles. The number of aliphatic imine (C=N–C) groups is 1. The van der Waals surface area contributed by atoms with Gasteiger partial charge >= 0.3 is 0 Å². The molecule has 0 bridgehead atoms. The third-order valence-corrected chi connectivity index (χ3v) is 5.77. The minimum atomic E-state index is -0.703. The average molecular weight is 471 g/mol. The molecule has 1 aliphatic heterocycles. The van der Waals surface area contributed by atoms with Crippen molar-refractivity contribution in [3.05, 3.63) is 96.1 Å². The quantitative estimate of drug-likeness (QED) is 0.529. The van der Waals surface area contributed by atoms with Crippen LogP contribution in [0.4, 0.5) is 5.69 Å². The lowest BCUT2D eigenvalue weighted by atomic mass is 10.0. The lowest BCUT2D eigenvalue weighted by Crippen LogP contribution is -2.50. The summed E-state index contributed by atoms with van der Waals surface area (Å²) in [4.78, 5) is 32.3. The molecule has 0 saturated carbocycles. The highest BCUT2D eigenvalue weighted by atomic mass is 16.5. The summed E-state index contributed by atoms with van der Waals surface area (Å²) < 4.78 is 5.57. The number of rotatable bonds is 8. The number of fused-ring (bicyclic) bond motifs is 1. The first-order valence-corrected chi connectivity index (χ1v) is 11.7. The average Bonchev–Trinajstić information content (AvgIpc) is 3.01. The van der Waals surface area contributed by atoms with Gasteiger partial charge in [-0.05, 0) is 25.1 Å². The fraction of sp³-hybridized carbons (Fsp3) is 0.250. The molecule has 2 N–H and O–H groups in total. The second-order valence-corrected chi connectivity index (χ2v) is 8.47. The molecular weight excluding hydrogens is 440 g/mol. The van der Waals surface area contributed by atoms with Gasteiger partial charge in [0.2, 0.25) is 11.8 Å². The van der Waals surface area contributed by atoms with E-state index in [9.17, 15) is 9.59 Å². The summed E-state index contributed by atoms with van der Waals surface area (Å²) in [5.41, 5.74) is 3.87. The molecule has 7 nitrogen and oxygen atoms in total. The first-order chi connectivity index (χ1) is 17.0. The Kier molecular flexibility index (Phi) is 7.77. The van der Waals surface area contributed by atoms with Crippen LogP contribution in [0.25, 0.3) is 0 Å². The zero-order chi connectivity index (χ0) is 24.6. The molecule has 3 aromatic rings. The number of benzene rings is 3. The highest BCUT2D eigenvalue weighted by molar-refractivity contribution is 6.16. The van der Waals surface area contributed by atoms with Crippen LogP contribution in [0.2, 0.25) is 0 Å². The Bertz CT molecular complexity index is 1180. The number of carbonyl (C=O) groups is 2. The van der Waals surface area contributed by atoms with E-state index in [-0.39, 0.29) is 24.8 Å². The van der Waals surface area contributed by atoms with Gasteiger partial charge in [-0.3, -0.25) is 14.6 Å². The first kappa shape index (κ1) is 24.0. The predicted octanol–water partition coefficient (Wildman–Crippen LogP) is 3.39. The van der Waals surface area contributed by atoms with Gasteiger partial charge in [0.25, 0.3) is 0 Å². The van der Waals surface area contributed by atoms with Crippen LogP contribution in [0.5, 0.6) is 5.75 Å². The van der Waals surface area contributed by atoms with E-state index in [1.807, 2.05) is 85.9 Å². The Morgan fingerprint density at radius 1 is 1.00 bits per heavy atom. The largest absolute Gasteiger partial charge is 0.493 e. The standard InChI is InChI=1S/C28H30N4O3/c1-20(29-26(33)17-18-35-22-13-7-4-8-14-22)28(34)31-25-19-32(2)24-16-10-9-15-23(24)27(30-25)21-11-5-3-6-12-21/h3-16,20,25H,17-19H2,1-2H3,(H,29,33)(H,31,34)/t20-,25+/m0/s1. The highest BCUT2D eigenvalue weighted by Crippen LogP contribution is 2.26. The van der Waals surface area contributed by atoms with Crippen LogP contribution in [0, 0.1) is 0 Å². The summed E-state index contributed by atoms with van der Waals surface area (Å²) in [6, 6.07) is 26.6. The van der Waals surface area contributed by atoms with Gasteiger partial charge in [0.05, 0.1) is 25.3 Å². The minimum absolute atomic E-state index is 0.157. The van der Waals surface area contributed by atoms with Gasteiger partial charge in [0, 0.05) is 23.9 Å². The number of hydrogen-bond acceptors (Lipinski definition) is 5. The van der Waals surface area contributed by atoms with Crippen LogP contribution < -0.4 is 20.3 Å². The predicted molar refractivity (Wildman–Crippen MR) is 138 cm³/mol. The summed E-state index contributed by atoms with van der Waals surface area (Å²) in [6.45, 7) is 2.41. The number of carbonyl (C=O) groups excluding carboxylic acids is 2. The lowest BCUT2D eigenvalue weighted by Gasteiger charge is -2.24. The van der Waals surface area contributed by atoms with E-state index >= 15 is 0 Å². The molecule has 35 heavy (non-hydrogen) atoms. The van der Waals surface area contributed by atoms with Crippen LogP contribution in [-0.2, 0) is 9.59 Å². The molecule has 0 radical (unpaired) electrons. The van der Waals surface area contributed by atoms with Crippen molar-refractivity contribution < 1.29 is 14.3 Å². The summed E-state index contributed by atoms with van der Waals surface area (Å²) in [5, 5.41) is 5.75. The molecule has 0 fully saturated rings. The molecule has 4 rings (SSSR count). The summed E-state index contributed by atoms with van der Waals surface area (Å²) >= 11 is 0. The second-order valence-electron chi connectivity index (χ2n) is 8.47. The first-order valence-electron chi connectivity index (χ1n) is 11.7. The molecular formula is C28H30N4O3. The van der Waals surface area contributed by atoms with E-state index < -0.39 is 12.2 Å². The van der Waals surface area contributed by atoms with E-state index in [0.717, 1.165) is 22.5 Å². The van der Waals surface area contributed by atoms with Crippen molar-refractivity contribution >= 4 is 23.2 Å². The maximum atomic E-state index is 12.9.